The van der Waals surface area contributed by atoms with Gasteiger partial charge in [0.05, 0.1) is 17.8 Å². The molecule has 142 valence electrons. The fourth-order valence-corrected chi connectivity index (χ4v) is 4.63. The number of rotatable bonds is 3. The standard InChI is InChI=1S/C22H27N3O2/c26-18-12-20(17-4-2-1-3-5-17)27-22(14-18)8-10-25(11-9-22)21-13-19(16-6-7-16)23-15-24-21/h1-5,13,15-16,18,20,26H,6-12,14H2/t18-,20-/m1/s1. The van der Waals surface area contributed by atoms with Gasteiger partial charge in [-0.05, 0) is 31.2 Å². The lowest BCUT2D eigenvalue weighted by atomic mass is 9.81. The fourth-order valence-electron chi connectivity index (χ4n) is 4.63. The van der Waals surface area contributed by atoms with Crippen molar-refractivity contribution in [1.29, 1.82) is 0 Å². The average molecular weight is 365 g/mol. The lowest BCUT2D eigenvalue weighted by Crippen LogP contribution is -2.51. The van der Waals surface area contributed by atoms with E-state index in [-0.39, 0.29) is 17.8 Å². The second kappa shape index (κ2) is 6.88. The minimum Gasteiger partial charge on any atom is -0.393 e. The molecule has 1 aromatic carbocycles. The van der Waals surface area contributed by atoms with Crippen LogP contribution in [0.2, 0.25) is 0 Å². The van der Waals surface area contributed by atoms with Gasteiger partial charge in [0.2, 0.25) is 0 Å². The van der Waals surface area contributed by atoms with Crippen molar-refractivity contribution in [3.8, 4) is 0 Å². The number of benzene rings is 1. The zero-order valence-electron chi connectivity index (χ0n) is 15.6. The summed E-state index contributed by atoms with van der Waals surface area (Å²) < 4.78 is 6.61. The molecule has 1 saturated carbocycles. The molecule has 1 aliphatic carbocycles. The SMILES string of the molecule is O[C@@H]1C[C@H](c2ccccc2)OC2(CCN(c3cc(C4CC4)ncn3)CC2)C1. The third-order valence-electron chi connectivity index (χ3n) is 6.33. The predicted octanol–water partition coefficient (Wildman–Crippen LogP) is 3.61. The molecule has 3 heterocycles. The molecule has 27 heavy (non-hydrogen) atoms. The summed E-state index contributed by atoms with van der Waals surface area (Å²) in [5.74, 6) is 1.68. The summed E-state index contributed by atoms with van der Waals surface area (Å²) in [6, 6.07) is 12.5. The van der Waals surface area contributed by atoms with E-state index in [1.807, 2.05) is 18.2 Å². The number of nitrogens with zero attached hydrogens (tertiary/aromatic N) is 3. The number of aliphatic hydroxyl groups is 1. The smallest absolute Gasteiger partial charge is 0.132 e. The quantitative estimate of drug-likeness (QED) is 0.900. The van der Waals surface area contributed by atoms with E-state index in [0.29, 0.717) is 12.3 Å². The van der Waals surface area contributed by atoms with E-state index in [4.69, 9.17) is 4.74 Å². The molecule has 5 nitrogen and oxygen atoms in total. The molecule has 2 atom stereocenters. The molecule has 0 unspecified atom stereocenters. The number of hydrogen-bond donors (Lipinski definition) is 1. The predicted molar refractivity (Wildman–Crippen MR) is 104 cm³/mol. The molecular weight excluding hydrogens is 338 g/mol. The molecule has 3 fully saturated rings. The molecule has 1 aromatic heterocycles. The van der Waals surface area contributed by atoms with Gasteiger partial charge in [-0.1, -0.05) is 30.3 Å². The van der Waals surface area contributed by atoms with Gasteiger partial charge in [-0.15, -0.1) is 0 Å². The number of aliphatic hydroxyl groups excluding tert-OH is 1. The highest BCUT2D eigenvalue weighted by atomic mass is 16.5. The van der Waals surface area contributed by atoms with E-state index in [1.54, 1.807) is 6.33 Å². The van der Waals surface area contributed by atoms with Crippen LogP contribution in [-0.2, 0) is 4.74 Å². The highest BCUT2D eigenvalue weighted by molar-refractivity contribution is 5.41. The van der Waals surface area contributed by atoms with Crippen molar-refractivity contribution in [2.75, 3.05) is 18.0 Å². The first-order valence-corrected chi connectivity index (χ1v) is 10.2. The van der Waals surface area contributed by atoms with Crippen LogP contribution in [0.25, 0.3) is 0 Å². The number of ether oxygens (including phenoxy) is 1. The summed E-state index contributed by atoms with van der Waals surface area (Å²) in [6.45, 7) is 1.82. The topological polar surface area (TPSA) is 58.5 Å². The van der Waals surface area contributed by atoms with Gasteiger partial charge in [-0.2, -0.15) is 0 Å². The van der Waals surface area contributed by atoms with E-state index in [2.05, 4.69) is 33.1 Å². The maximum absolute atomic E-state index is 10.5. The van der Waals surface area contributed by atoms with E-state index >= 15 is 0 Å². The van der Waals surface area contributed by atoms with Crippen LogP contribution in [-0.4, -0.2) is 39.9 Å². The lowest BCUT2D eigenvalue weighted by Gasteiger charge is -2.48. The summed E-state index contributed by atoms with van der Waals surface area (Å²) in [7, 11) is 0. The lowest BCUT2D eigenvalue weighted by molar-refractivity contribution is -0.173. The van der Waals surface area contributed by atoms with Crippen LogP contribution in [0.1, 0.15) is 61.8 Å². The first kappa shape index (κ1) is 17.1. The molecule has 2 saturated heterocycles. The largest absolute Gasteiger partial charge is 0.393 e. The van der Waals surface area contributed by atoms with Crippen molar-refractivity contribution in [2.45, 2.75) is 62.3 Å². The van der Waals surface area contributed by atoms with Crippen LogP contribution in [0.4, 0.5) is 5.82 Å². The molecule has 2 aliphatic heterocycles. The van der Waals surface area contributed by atoms with Crippen molar-refractivity contribution in [1.82, 2.24) is 9.97 Å². The number of hydrogen-bond acceptors (Lipinski definition) is 5. The van der Waals surface area contributed by atoms with Gasteiger partial charge in [0.15, 0.2) is 0 Å². The Labute approximate surface area is 160 Å². The zero-order valence-corrected chi connectivity index (χ0v) is 15.6. The Bertz CT molecular complexity index is 785. The second-order valence-corrected chi connectivity index (χ2v) is 8.36. The van der Waals surface area contributed by atoms with E-state index in [1.165, 1.54) is 24.1 Å². The summed E-state index contributed by atoms with van der Waals surface area (Å²) >= 11 is 0. The second-order valence-electron chi connectivity index (χ2n) is 8.36. The van der Waals surface area contributed by atoms with Gasteiger partial charge in [0.1, 0.15) is 12.1 Å². The molecule has 0 radical (unpaired) electrons. The van der Waals surface area contributed by atoms with Crippen LogP contribution in [0, 0.1) is 0 Å². The molecule has 0 bridgehead atoms. The van der Waals surface area contributed by atoms with E-state index in [9.17, 15) is 5.11 Å². The first-order chi connectivity index (χ1) is 13.2. The van der Waals surface area contributed by atoms with Gasteiger partial charge < -0.3 is 14.7 Å². The molecule has 5 heteroatoms. The number of aromatic nitrogens is 2. The molecule has 0 amide bonds. The molecule has 3 aliphatic rings. The molecule has 1 spiro atoms. The first-order valence-electron chi connectivity index (χ1n) is 10.2. The Balaban J connectivity index is 1.29. The summed E-state index contributed by atoms with van der Waals surface area (Å²) in [6.07, 6.45) is 7.19. The van der Waals surface area contributed by atoms with Crippen LogP contribution in [0.15, 0.2) is 42.7 Å². The van der Waals surface area contributed by atoms with Gasteiger partial charge >= 0.3 is 0 Å². The third-order valence-corrected chi connectivity index (χ3v) is 6.33. The molecule has 1 N–H and O–H groups in total. The van der Waals surface area contributed by atoms with Crippen LogP contribution >= 0.6 is 0 Å². The highest BCUT2D eigenvalue weighted by Gasteiger charge is 2.44. The highest BCUT2D eigenvalue weighted by Crippen LogP contribution is 2.44. The van der Waals surface area contributed by atoms with Gasteiger partial charge in [0.25, 0.3) is 0 Å². The Kier molecular flexibility index (Phi) is 4.37. The number of piperidine rings is 1. The zero-order chi connectivity index (χ0) is 18.3. The Hall–Kier alpha value is -1.98. The maximum atomic E-state index is 10.5. The fraction of sp³-hybridized carbons (Fsp3) is 0.545. The van der Waals surface area contributed by atoms with E-state index < -0.39 is 0 Å². The van der Waals surface area contributed by atoms with Gasteiger partial charge in [-0.3, -0.25) is 0 Å². The summed E-state index contributed by atoms with van der Waals surface area (Å²) in [4.78, 5) is 11.3. The normalized spacial score (nSPS) is 27.7. The molecular formula is C22H27N3O2. The van der Waals surface area contributed by atoms with Crippen molar-refractivity contribution < 1.29 is 9.84 Å². The van der Waals surface area contributed by atoms with E-state index in [0.717, 1.165) is 38.2 Å². The molecule has 5 rings (SSSR count). The summed E-state index contributed by atoms with van der Waals surface area (Å²) in [5, 5.41) is 10.5. The molecule has 2 aromatic rings. The average Bonchev–Trinajstić information content (AvgIpc) is 3.54. The minimum absolute atomic E-state index is 0.0120. The van der Waals surface area contributed by atoms with Crippen molar-refractivity contribution in [2.24, 2.45) is 0 Å². The Morgan fingerprint density at radius 1 is 1.07 bits per heavy atom. The van der Waals surface area contributed by atoms with Crippen LogP contribution < -0.4 is 4.90 Å². The monoisotopic (exact) mass is 365 g/mol. The van der Waals surface area contributed by atoms with Gasteiger partial charge in [-0.25, -0.2) is 9.97 Å². The minimum atomic E-state index is -0.295. The maximum Gasteiger partial charge on any atom is 0.132 e. The van der Waals surface area contributed by atoms with Crippen LogP contribution in [0.5, 0.6) is 0 Å². The Morgan fingerprint density at radius 3 is 2.59 bits per heavy atom. The van der Waals surface area contributed by atoms with Crippen molar-refractivity contribution >= 4 is 5.82 Å². The van der Waals surface area contributed by atoms with Crippen molar-refractivity contribution in [3.63, 3.8) is 0 Å². The van der Waals surface area contributed by atoms with Gasteiger partial charge in [0, 0.05) is 43.6 Å². The summed E-state index contributed by atoms with van der Waals surface area (Å²) in [5.41, 5.74) is 2.14. The van der Waals surface area contributed by atoms with Crippen molar-refractivity contribution in [3.05, 3.63) is 54.0 Å². The Morgan fingerprint density at radius 2 is 1.85 bits per heavy atom. The third kappa shape index (κ3) is 3.58. The number of anilines is 1. The van der Waals surface area contributed by atoms with Crippen LogP contribution in [0.3, 0.4) is 0 Å².